The van der Waals surface area contributed by atoms with Crippen molar-refractivity contribution in [2.24, 2.45) is 0 Å². The molecule has 0 aliphatic carbocycles. The summed E-state index contributed by atoms with van der Waals surface area (Å²) in [5, 5.41) is 9.16. The van der Waals surface area contributed by atoms with Gasteiger partial charge in [0.2, 0.25) is 0 Å². The zero-order valence-electron chi connectivity index (χ0n) is 21.1. The first-order valence-electron chi connectivity index (χ1n) is 11.9. The summed E-state index contributed by atoms with van der Waals surface area (Å²) < 4.78 is 66.6. The summed E-state index contributed by atoms with van der Waals surface area (Å²) in [5.41, 5.74) is 1.16. The number of hydrogen-bond acceptors (Lipinski definition) is 5. The Labute approximate surface area is 217 Å². The van der Waals surface area contributed by atoms with Crippen LogP contribution in [0, 0.1) is 17.1 Å². The second kappa shape index (κ2) is 10.3. The van der Waals surface area contributed by atoms with E-state index in [0.717, 1.165) is 12.1 Å². The maximum Gasteiger partial charge on any atom is 0.416 e. The lowest BCUT2D eigenvalue weighted by Gasteiger charge is -2.24. The second-order valence-electron chi connectivity index (χ2n) is 9.36. The second-order valence-corrected chi connectivity index (χ2v) is 9.36. The molecule has 198 valence electrons. The Morgan fingerprint density at radius 1 is 1.16 bits per heavy atom. The standard InChI is InChI=1S/C28H25F4N3O3/c1-15(2)22-11-23(25(37-4)12-24(22)29)21-6-5-19(28(30,31)32)9-18(21)14-35-16(3)26(38-27(35)36)17-7-8-34-20(10-17)13-33/h5-12,15-16,26H,14H2,1-4H3. The number of alkyl halides is 3. The van der Waals surface area contributed by atoms with Crippen molar-refractivity contribution in [3.8, 4) is 22.9 Å². The van der Waals surface area contributed by atoms with Crippen molar-refractivity contribution in [1.82, 2.24) is 9.88 Å². The van der Waals surface area contributed by atoms with Crippen molar-refractivity contribution in [2.75, 3.05) is 7.11 Å². The fourth-order valence-electron chi connectivity index (χ4n) is 4.59. The molecule has 38 heavy (non-hydrogen) atoms. The average molecular weight is 528 g/mol. The van der Waals surface area contributed by atoms with Gasteiger partial charge in [-0.2, -0.15) is 18.4 Å². The lowest BCUT2D eigenvalue weighted by atomic mass is 9.92. The third-order valence-corrected chi connectivity index (χ3v) is 6.62. The Bertz CT molecular complexity index is 1420. The summed E-state index contributed by atoms with van der Waals surface area (Å²) in [6, 6.07) is 10.5. The van der Waals surface area contributed by atoms with Gasteiger partial charge in [-0.3, -0.25) is 4.90 Å². The number of methoxy groups -OCH3 is 1. The van der Waals surface area contributed by atoms with Crippen LogP contribution in [0.15, 0.2) is 48.7 Å². The molecule has 1 aliphatic rings. The summed E-state index contributed by atoms with van der Waals surface area (Å²) in [5.74, 6) is -0.517. The largest absolute Gasteiger partial charge is 0.496 e. The molecule has 1 fully saturated rings. The molecule has 2 aromatic carbocycles. The van der Waals surface area contributed by atoms with Gasteiger partial charge in [0.25, 0.3) is 0 Å². The molecule has 0 radical (unpaired) electrons. The maximum absolute atomic E-state index is 14.7. The molecule has 2 unspecified atom stereocenters. The molecule has 1 saturated heterocycles. The van der Waals surface area contributed by atoms with Crippen molar-refractivity contribution >= 4 is 6.09 Å². The molecular formula is C28H25F4N3O3. The van der Waals surface area contributed by atoms with Gasteiger partial charge in [-0.25, -0.2) is 14.2 Å². The Hall–Kier alpha value is -4.13. The first-order valence-corrected chi connectivity index (χ1v) is 11.9. The van der Waals surface area contributed by atoms with Gasteiger partial charge in [-0.05, 0) is 65.4 Å². The molecule has 10 heteroatoms. The number of nitriles is 1. The van der Waals surface area contributed by atoms with Crippen LogP contribution in [0.1, 0.15) is 60.7 Å². The number of hydrogen-bond donors (Lipinski definition) is 0. The first-order chi connectivity index (χ1) is 17.9. The number of benzene rings is 2. The van der Waals surface area contributed by atoms with Gasteiger partial charge in [0.15, 0.2) is 0 Å². The number of carbonyl (C=O) groups excluding carboxylic acids is 1. The van der Waals surface area contributed by atoms with Gasteiger partial charge in [-0.15, -0.1) is 0 Å². The van der Waals surface area contributed by atoms with Crippen molar-refractivity contribution in [3.63, 3.8) is 0 Å². The van der Waals surface area contributed by atoms with Crippen LogP contribution in [0.4, 0.5) is 22.4 Å². The minimum absolute atomic E-state index is 0.147. The molecule has 1 amide bonds. The third-order valence-electron chi connectivity index (χ3n) is 6.62. The molecular weight excluding hydrogens is 502 g/mol. The van der Waals surface area contributed by atoms with E-state index in [1.807, 2.05) is 6.07 Å². The van der Waals surface area contributed by atoms with E-state index in [4.69, 9.17) is 14.7 Å². The van der Waals surface area contributed by atoms with E-state index in [0.29, 0.717) is 22.3 Å². The van der Waals surface area contributed by atoms with Crippen molar-refractivity contribution in [3.05, 3.63) is 82.4 Å². The fraction of sp³-hybridized carbons (Fsp3) is 0.321. The molecule has 0 bridgehead atoms. The molecule has 0 N–H and O–H groups in total. The predicted octanol–water partition coefficient (Wildman–Crippen LogP) is 6.99. The van der Waals surface area contributed by atoms with Crippen LogP contribution in [0.2, 0.25) is 0 Å². The lowest BCUT2D eigenvalue weighted by molar-refractivity contribution is -0.137. The van der Waals surface area contributed by atoms with E-state index in [9.17, 15) is 22.4 Å². The zero-order chi connectivity index (χ0) is 27.8. The fourth-order valence-corrected chi connectivity index (χ4v) is 4.59. The molecule has 0 saturated carbocycles. The van der Waals surface area contributed by atoms with Crippen LogP contribution in [0.5, 0.6) is 5.75 Å². The maximum atomic E-state index is 14.7. The quantitative estimate of drug-likeness (QED) is 0.323. The molecule has 0 spiro atoms. The summed E-state index contributed by atoms with van der Waals surface area (Å²) in [6.07, 6.45) is -4.65. The Balaban J connectivity index is 1.80. The minimum atomic E-state index is -4.62. The van der Waals surface area contributed by atoms with E-state index in [-0.39, 0.29) is 29.5 Å². The number of carbonyl (C=O) groups is 1. The first kappa shape index (κ1) is 26.9. The minimum Gasteiger partial charge on any atom is -0.496 e. The highest BCUT2D eigenvalue weighted by atomic mass is 19.4. The average Bonchev–Trinajstić information content (AvgIpc) is 3.16. The van der Waals surface area contributed by atoms with Gasteiger partial charge < -0.3 is 9.47 Å². The number of pyridine rings is 1. The number of amides is 1. The number of ether oxygens (including phenoxy) is 2. The van der Waals surface area contributed by atoms with E-state index in [1.54, 1.807) is 32.9 Å². The highest BCUT2D eigenvalue weighted by Gasteiger charge is 2.40. The third kappa shape index (κ3) is 5.14. The monoisotopic (exact) mass is 527 g/mol. The predicted molar refractivity (Wildman–Crippen MR) is 131 cm³/mol. The number of nitrogens with zero attached hydrogens (tertiary/aromatic N) is 3. The number of cyclic esters (lactones) is 1. The van der Waals surface area contributed by atoms with Gasteiger partial charge in [0, 0.05) is 17.8 Å². The van der Waals surface area contributed by atoms with Crippen molar-refractivity contribution in [2.45, 2.75) is 51.6 Å². The summed E-state index contributed by atoms with van der Waals surface area (Å²) >= 11 is 0. The molecule has 4 rings (SSSR count). The molecule has 2 heterocycles. The normalized spacial score (nSPS) is 17.5. The van der Waals surface area contributed by atoms with Gasteiger partial charge in [0.05, 0.1) is 25.3 Å². The molecule has 3 aromatic rings. The Morgan fingerprint density at radius 3 is 2.53 bits per heavy atom. The summed E-state index contributed by atoms with van der Waals surface area (Å²) in [7, 11) is 1.35. The molecule has 6 nitrogen and oxygen atoms in total. The number of rotatable bonds is 6. The van der Waals surface area contributed by atoms with Gasteiger partial charge >= 0.3 is 12.3 Å². The topological polar surface area (TPSA) is 75.4 Å². The smallest absolute Gasteiger partial charge is 0.416 e. The van der Waals surface area contributed by atoms with Crippen LogP contribution in [-0.4, -0.2) is 29.1 Å². The lowest BCUT2D eigenvalue weighted by Crippen LogP contribution is -2.31. The molecule has 1 aliphatic heterocycles. The summed E-state index contributed by atoms with van der Waals surface area (Å²) in [6.45, 7) is 5.12. The van der Waals surface area contributed by atoms with Crippen LogP contribution in [0.3, 0.4) is 0 Å². The van der Waals surface area contributed by atoms with E-state index in [2.05, 4.69) is 4.98 Å². The van der Waals surface area contributed by atoms with Gasteiger partial charge in [0.1, 0.15) is 29.4 Å². The van der Waals surface area contributed by atoms with E-state index >= 15 is 0 Å². The molecule has 2 atom stereocenters. The Morgan fingerprint density at radius 2 is 1.89 bits per heavy atom. The number of halogens is 4. The van der Waals surface area contributed by atoms with Crippen molar-refractivity contribution < 1.29 is 31.8 Å². The highest BCUT2D eigenvalue weighted by molar-refractivity contribution is 5.76. The zero-order valence-corrected chi connectivity index (χ0v) is 21.1. The van der Waals surface area contributed by atoms with Crippen LogP contribution in [0.25, 0.3) is 11.1 Å². The number of aromatic nitrogens is 1. The summed E-state index contributed by atoms with van der Waals surface area (Å²) in [4.78, 5) is 18.1. The highest BCUT2D eigenvalue weighted by Crippen LogP contribution is 2.41. The van der Waals surface area contributed by atoms with Crippen LogP contribution < -0.4 is 4.74 Å². The van der Waals surface area contributed by atoms with E-state index in [1.165, 1.54) is 36.4 Å². The van der Waals surface area contributed by atoms with Gasteiger partial charge in [-0.1, -0.05) is 19.9 Å². The van der Waals surface area contributed by atoms with E-state index < -0.39 is 35.8 Å². The molecule has 1 aromatic heterocycles. The van der Waals surface area contributed by atoms with Crippen LogP contribution >= 0.6 is 0 Å². The Kier molecular flexibility index (Phi) is 7.31. The SMILES string of the molecule is COc1cc(F)c(C(C)C)cc1-c1ccc(C(F)(F)F)cc1CN1C(=O)OC(c2ccnc(C#N)c2)C1C. The van der Waals surface area contributed by atoms with Crippen LogP contribution in [-0.2, 0) is 17.5 Å². The van der Waals surface area contributed by atoms with Crippen molar-refractivity contribution in [1.29, 1.82) is 5.26 Å².